The van der Waals surface area contributed by atoms with E-state index in [0.717, 1.165) is 25.0 Å². The van der Waals surface area contributed by atoms with Crippen molar-refractivity contribution >= 4 is 17.9 Å². The number of fused-ring (bicyclic) bond motifs is 3. The number of amides is 2. The number of carbonyl (C=O) groups excluding carboxylic acids is 2. The van der Waals surface area contributed by atoms with Crippen LogP contribution in [0.2, 0.25) is 0 Å². The average Bonchev–Trinajstić information content (AvgIpc) is 3.45. The lowest BCUT2D eigenvalue weighted by atomic mass is 9.67. The normalized spacial score (nSPS) is 28.2. The zero-order chi connectivity index (χ0) is 23.0. The number of likely N-dealkylation sites (tertiary alicyclic amines) is 1. The van der Waals surface area contributed by atoms with Crippen molar-refractivity contribution in [2.24, 2.45) is 23.7 Å². The number of nitrogens with zero attached hydrogens (tertiary/aromatic N) is 1. The Bertz CT molecular complexity index is 940. The van der Waals surface area contributed by atoms with E-state index in [1.165, 1.54) is 21.6 Å². The van der Waals surface area contributed by atoms with E-state index in [-0.39, 0.29) is 42.3 Å². The molecule has 1 aromatic heterocycles. The summed E-state index contributed by atoms with van der Waals surface area (Å²) in [4.78, 5) is 27.7. The lowest BCUT2D eigenvalue weighted by Crippen LogP contribution is -2.35. The standard InChI is InChI=1S/C26H35NO5/c1-5-10-27-25(29)20-12-19(15(2)3)23-21(24(20)26(27)30)14-31-22(23)9-6-16(4)11-17-7-8-18(13-28)32-17/h7-8,11,15,20-22,24,28H,5-6,9-10,12-14H2,1-4H3/b16-11+/t20-,21+,22-,24-/m1/s1. The zero-order valence-corrected chi connectivity index (χ0v) is 19.6. The molecule has 6 nitrogen and oxygen atoms in total. The van der Waals surface area contributed by atoms with Crippen LogP contribution in [-0.2, 0) is 20.9 Å². The molecule has 0 spiro atoms. The van der Waals surface area contributed by atoms with Gasteiger partial charge >= 0.3 is 0 Å². The first kappa shape index (κ1) is 23.0. The van der Waals surface area contributed by atoms with Crippen molar-refractivity contribution in [2.45, 2.75) is 66.1 Å². The van der Waals surface area contributed by atoms with Crippen LogP contribution in [0.3, 0.4) is 0 Å². The van der Waals surface area contributed by atoms with Crippen molar-refractivity contribution in [1.82, 2.24) is 4.90 Å². The molecule has 2 amide bonds. The number of hydrogen-bond acceptors (Lipinski definition) is 5. The Kier molecular flexibility index (Phi) is 6.72. The number of furan rings is 1. The summed E-state index contributed by atoms with van der Waals surface area (Å²) in [5, 5.41) is 9.17. The first-order valence-electron chi connectivity index (χ1n) is 11.9. The number of aliphatic hydroxyl groups excluding tert-OH is 1. The number of imide groups is 1. The van der Waals surface area contributed by atoms with Gasteiger partial charge < -0.3 is 14.3 Å². The molecule has 3 aliphatic rings. The third kappa shape index (κ3) is 4.11. The topological polar surface area (TPSA) is 80.0 Å². The first-order chi connectivity index (χ1) is 15.3. The quantitative estimate of drug-likeness (QED) is 0.480. The van der Waals surface area contributed by atoms with Gasteiger partial charge in [-0.05, 0) is 62.3 Å². The Hall–Kier alpha value is -2.18. The molecule has 4 rings (SSSR count). The molecule has 3 heterocycles. The van der Waals surface area contributed by atoms with Crippen LogP contribution in [0.25, 0.3) is 6.08 Å². The SMILES string of the molecule is CCCN1C(=O)[C@@H]2[C@@H](CC(C(C)C)=C3[C@@H](CC/C(C)=C/c4ccc(CO)o4)OC[C@@H]32)C1=O. The molecule has 32 heavy (non-hydrogen) atoms. The van der Waals surface area contributed by atoms with E-state index in [4.69, 9.17) is 9.15 Å². The van der Waals surface area contributed by atoms with Crippen LogP contribution in [-0.4, -0.2) is 41.1 Å². The number of allylic oxidation sites excluding steroid dienone is 2. The average molecular weight is 442 g/mol. The molecule has 1 aliphatic carbocycles. The van der Waals surface area contributed by atoms with Crippen LogP contribution in [0.15, 0.2) is 33.3 Å². The fraction of sp³-hybridized carbons (Fsp3) is 0.615. The highest BCUT2D eigenvalue weighted by molar-refractivity contribution is 6.05. The Balaban J connectivity index is 1.53. The van der Waals surface area contributed by atoms with Gasteiger partial charge in [0.15, 0.2) is 0 Å². The fourth-order valence-corrected chi connectivity index (χ4v) is 5.70. The van der Waals surface area contributed by atoms with Crippen molar-refractivity contribution in [2.75, 3.05) is 13.2 Å². The van der Waals surface area contributed by atoms with E-state index in [1.807, 2.05) is 19.1 Å². The summed E-state index contributed by atoms with van der Waals surface area (Å²) in [5.41, 5.74) is 3.78. The van der Waals surface area contributed by atoms with Crippen LogP contribution >= 0.6 is 0 Å². The molecule has 1 N–H and O–H groups in total. The highest BCUT2D eigenvalue weighted by atomic mass is 16.5. The van der Waals surface area contributed by atoms with Gasteiger partial charge in [0.05, 0.1) is 24.5 Å². The van der Waals surface area contributed by atoms with Crippen LogP contribution in [0.4, 0.5) is 0 Å². The minimum absolute atomic E-state index is 0.00462. The van der Waals surface area contributed by atoms with Crippen molar-refractivity contribution < 1.29 is 23.8 Å². The van der Waals surface area contributed by atoms with Gasteiger partial charge in [0, 0.05) is 12.5 Å². The predicted molar refractivity (Wildman–Crippen MR) is 121 cm³/mol. The number of hydrogen-bond donors (Lipinski definition) is 1. The third-order valence-electron chi connectivity index (χ3n) is 7.21. The molecule has 2 aliphatic heterocycles. The Morgan fingerprint density at radius 1 is 1.25 bits per heavy atom. The second-order valence-electron chi connectivity index (χ2n) is 9.72. The van der Waals surface area contributed by atoms with Crippen LogP contribution in [0, 0.1) is 23.7 Å². The second kappa shape index (κ2) is 9.36. The largest absolute Gasteiger partial charge is 0.459 e. The highest BCUT2D eigenvalue weighted by Gasteiger charge is 2.56. The van der Waals surface area contributed by atoms with Gasteiger partial charge in [0.1, 0.15) is 18.1 Å². The van der Waals surface area contributed by atoms with Crippen LogP contribution < -0.4 is 0 Å². The van der Waals surface area contributed by atoms with E-state index in [9.17, 15) is 14.7 Å². The van der Waals surface area contributed by atoms with Gasteiger partial charge in [0.25, 0.3) is 0 Å². The molecule has 0 saturated carbocycles. The second-order valence-corrected chi connectivity index (χ2v) is 9.72. The highest BCUT2D eigenvalue weighted by Crippen LogP contribution is 2.51. The minimum Gasteiger partial charge on any atom is -0.459 e. The maximum absolute atomic E-state index is 13.2. The van der Waals surface area contributed by atoms with Crippen LogP contribution in [0.5, 0.6) is 0 Å². The van der Waals surface area contributed by atoms with Crippen molar-refractivity contribution in [3.8, 4) is 0 Å². The van der Waals surface area contributed by atoms with Crippen molar-refractivity contribution in [1.29, 1.82) is 0 Å². The van der Waals surface area contributed by atoms with E-state index in [2.05, 4.69) is 20.8 Å². The van der Waals surface area contributed by atoms with E-state index in [1.54, 1.807) is 6.07 Å². The van der Waals surface area contributed by atoms with E-state index >= 15 is 0 Å². The van der Waals surface area contributed by atoms with Gasteiger partial charge in [-0.1, -0.05) is 31.9 Å². The summed E-state index contributed by atoms with van der Waals surface area (Å²) in [7, 11) is 0. The molecule has 0 aromatic carbocycles. The smallest absolute Gasteiger partial charge is 0.233 e. The van der Waals surface area contributed by atoms with Crippen LogP contribution in [0.1, 0.15) is 64.9 Å². The summed E-state index contributed by atoms with van der Waals surface area (Å²) in [6.07, 6.45) is 5.17. The molecule has 0 radical (unpaired) electrons. The molecule has 2 saturated heterocycles. The predicted octanol–water partition coefficient (Wildman–Crippen LogP) is 4.34. The van der Waals surface area contributed by atoms with Gasteiger partial charge in [0.2, 0.25) is 11.8 Å². The monoisotopic (exact) mass is 441 g/mol. The van der Waals surface area contributed by atoms with Gasteiger partial charge in [-0.15, -0.1) is 0 Å². The summed E-state index contributed by atoms with van der Waals surface area (Å²) in [6.45, 7) is 9.38. The molecule has 2 fully saturated rings. The maximum atomic E-state index is 13.2. The number of rotatable bonds is 8. The molecule has 6 heteroatoms. The zero-order valence-electron chi connectivity index (χ0n) is 19.6. The third-order valence-corrected chi connectivity index (χ3v) is 7.21. The maximum Gasteiger partial charge on any atom is 0.233 e. The van der Waals surface area contributed by atoms with Gasteiger partial charge in [-0.25, -0.2) is 0 Å². The Morgan fingerprint density at radius 3 is 2.69 bits per heavy atom. The van der Waals surface area contributed by atoms with E-state index in [0.29, 0.717) is 31.3 Å². The molecule has 0 unspecified atom stereocenters. The van der Waals surface area contributed by atoms with Crippen molar-refractivity contribution in [3.05, 3.63) is 40.4 Å². The lowest BCUT2D eigenvalue weighted by Gasteiger charge is -2.33. The van der Waals surface area contributed by atoms with Gasteiger partial charge in [-0.3, -0.25) is 14.5 Å². The van der Waals surface area contributed by atoms with Crippen molar-refractivity contribution in [3.63, 3.8) is 0 Å². The molecule has 0 bridgehead atoms. The van der Waals surface area contributed by atoms with E-state index < -0.39 is 0 Å². The van der Waals surface area contributed by atoms with Gasteiger partial charge in [-0.2, -0.15) is 0 Å². The number of ether oxygens (including phenoxy) is 1. The molecule has 174 valence electrons. The molecular weight excluding hydrogens is 406 g/mol. The molecular formula is C26H35NO5. The fourth-order valence-electron chi connectivity index (χ4n) is 5.70. The first-order valence-corrected chi connectivity index (χ1v) is 11.9. The Labute approximate surface area is 190 Å². The molecule has 1 aromatic rings. The summed E-state index contributed by atoms with van der Waals surface area (Å²) in [5.74, 6) is 1.20. The Morgan fingerprint density at radius 2 is 2.03 bits per heavy atom. The molecule has 4 atom stereocenters. The summed E-state index contributed by atoms with van der Waals surface area (Å²) >= 11 is 0. The number of aliphatic hydroxyl groups is 1. The number of carbonyl (C=O) groups is 2. The summed E-state index contributed by atoms with van der Waals surface area (Å²) < 4.78 is 11.8. The lowest BCUT2D eigenvalue weighted by molar-refractivity contribution is -0.140. The summed E-state index contributed by atoms with van der Waals surface area (Å²) in [6, 6.07) is 3.65. The minimum atomic E-state index is -0.256.